The predicted molar refractivity (Wildman–Crippen MR) is 75.2 cm³/mol. The van der Waals surface area contributed by atoms with E-state index in [-0.39, 0.29) is 5.56 Å². The van der Waals surface area contributed by atoms with E-state index in [1.807, 2.05) is 24.3 Å². The van der Waals surface area contributed by atoms with Crippen LogP contribution < -0.4 is 0 Å². The molecule has 4 nitrogen and oxygen atoms in total. The van der Waals surface area contributed by atoms with Gasteiger partial charge in [-0.15, -0.1) is 0 Å². The number of aromatic carboxylic acids is 1. The van der Waals surface area contributed by atoms with Gasteiger partial charge in [0.05, 0.1) is 12.0 Å². The molecule has 1 aromatic heterocycles. The number of halogens is 1. The van der Waals surface area contributed by atoms with Crippen LogP contribution in [-0.2, 0) is 6.42 Å². The third kappa shape index (κ3) is 2.38. The molecule has 0 spiro atoms. The largest absolute Gasteiger partial charge is 0.478 e. The van der Waals surface area contributed by atoms with Crippen molar-refractivity contribution in [1.82, 2.24) is 4.98 Å². The highest BCUT2D eigenvalue weighted by Gasteiger charge is 2.11. The summed E-state index contributed by atoms with van der Waals surface area (Å²) < 4.78 is 5.60. The highest BCUT2D eigenvalue weighted by atomic mass is 35.5. The second-order valence-electron chi connectivity index (χ2n) is 4.36. The Bertz CT molecular complexity index is 795. The summed E-state index contributed by atoms with van der Waals surface area (Å²) in [6, 6.07) is 12.1. The second-order valence-corrected chi connectivity index (χ2v) is 4.77. The first-order valence-electron chi connectivity index (χ1n) is 5.99. The highest BCUT2D eigenvalue weighted by molar-refractivity contribution is 6.31. The number of rotatable bonds is 3. The molecule has 0 aliphatic rings. The number of carbonyl (C=O) groups is 1. The Morgan fingerprint density at radius 3 is 2.80 bits per heavy atom. The van der Waals surface area contributed by atoms with Gasteiger partial charge in [-0.3, -0.25) is 0 Å². The summed E-state index contributed by atoms with van der Waals surface area (Å²) in [7, 11) is 0. The zero-order valence-corrected chi connectivity index (χ0v) is 11.1. The van der Waals surface area contributed by atoms with Crippen LogP contribution in [0.5, 0.6) is 0 Å². The Kier molecular flexibility index (Phi) is 3.16. The summed E-state index contributed by atoms with van der Waals surface area (Å²) in [6.45, 7) is 0. The van der Waals surface area contributed by atoms with Crippen LogP contribution in [0.15, 0.2) is 46.9 Å². The number of hydrogen-bond acceptors (Lipinski definition) is 3. The van der Waals surface area contributed by atoms with Crippen molar-refractivity contribution in [1.29, 1.82) is 0 Å². The molecule has 1 heterocycles. The van der Waals surface area contributed by atoms with Crippen LogP contribution in [0.4, 0.5) is 0 Å². The molecular formula is C15H10ClNO3. The van der Waals surface area contributed by atoms with Gasteiger partial charge >= 0.3 is 5.97 Å². The van der Waals surface area contributed by atoms with Crippen molar-refractivity contribution >= 4 is 28.7 Å². The van der Waals surface area contributed by atoms with E-state index < -0.39 is 5.97 Å². The number of benzene rings is 2. The van der Waals surface area contributed by atoms with Gasteiger partial charge in [0.25, 0.3) is 0 Å². The summed E-state index contributed by atoms with van der Waals surface area (Å²) in [5.74, 6) is -0.474. The molecule has 0 saturated heterocycles. The van der Waals surface area contributed by atoms with Crippen LogP contribution in [0.3, 0.4) is 0 Å². The van der Waals surface area contributed by atoms with Gasteiger partial charge in [-0.1, -0.05) is 29.8 Å². The third-order valence-electron chi connectivity index (χ3n) is 2.98. The molecule has 0 amide bonds. The maximum atomic E-state index is 10.9. The van der Waals surface area contributed by atoms with Crippen molar-refractivity contribution in [3.63, 3.8) is 0 Å². The Hall–Kier alpha value is -2.33. The van der Waals surface area contributed by atoms with Crippen molar-refractivity contribution in [2.75, 3.05) is 0 Å². The minimum atomic E-state index is -0.984. The highest BCUT2D eigenvalue weighted by Crippen LogP contribution is 2.22. The summed E-state index contributed by atoms with van der Waals surface area (Å²) >= 11 is 6.09. The van der Waals surface area contributed by atoms with E-state index in [1.54, 1.807) is 6.07 Å². The van der Waals surface area contributed by atoms with Crippen LogP contribution >= 0.6 is 11.6 Å². The number of fused-ring (bicyclic) bond motifs is 1. The van der Waals surface area contributed by atoms with Crippen LogP contribution in [0.1, 0.15) is 21.8 Å². The van der Waals surface area contributed by atoms with E-state index in [2.05, 4.69) is 4.98 Å². The van der Waals surface area contributed by atoms with Crippen molar-refractivity contribution in [2.45, 2.75) is 6.42 Å². The molecule has 3 aromatic rings. The lowest BCUT2D eigenvalue weighted by molar-refractivity contribution is 0.0697. The fraction of sp³-hybridized carbons (Fsp3) is 0.0667. The number of oxazole rings is 1. The predicted octanol–water partition coefficient (Wildman–Crippen LogP) is 3.77. The van der Waals surface area contributed by atoms with Gasteiger partial charge in [0.15, 0.2) is 11.5 Å². The summed E-state index contributed by atoms with van der Waals surface area (Å²) in [5, 5.41) is 9.60. The molecule has 0 radical (unpaired) electrons. The van der Waals surface area contributed by atoms with Crippen molar-refractivity contribution < 1.29 is 14.3 Å². The maximum Gasteiger partial charge on any atom is 0.335 e. The summed E-state index contributed by atoms with van der Waals surface area (Å²) in [4.78, 5) is 15.2. The molecule has 0 atom stereocenters. The van der Waals surface area contributed by atoms with Gasteiger partial charge in [0.2, 0.25) is 0 Å². The van der Waals surface area contributed by atoms with E-state index in [0.29, 0.717) is 28.4 Å². The Morgan fingerprint density at radius 1 is 1.25 bits per heavy atom. The summed E-state index contributed by atoms with van der Waals surface area (Å²) in [6.07, 6.45) is 0.469. The molecule has 20 heavy (non-hydrogen) atoms. The van der Waals surface area contributed by atoms with E-state index in [4.69, 9.17) is 21.1 Å². The Balaban J connectivity index is 1.97. The van der Waals surface area contributed by atoms with Crippen molar-refractivity contribution in [3.05, 3.63) is 64.5 Å². The standard InChI is InChI=1S/C15H10ClNO3/c16-11-4-2-1-3-9(11)8-14-17-12-7-10(15(18)19)5-6-13(12)20-14/h1-7H,8H2,(H,18,19). The topological polar surface area (TPSA) is 63.3 Å². The first-order chi connectivity index (χ1) is 9.63. The van der Waals surface area contributed by atoms with E-state index in [0.717, 1.165) is 5.56 Å². The monoisotopic (exact) mass is 287 g/mol. The molecule has 3 rings (SSSR count). The Morgan fingerprint density at radius 2 is 2.05 bits per heavy atom. The van der Waals surface area contributed by atoms with Gasteiger partial charge in [0.1, 0.15) is 5.52 Å². The van der Waals surface area contributed by atoms with Gasteiger partial charge in [-0.05, 0) is 29.8 Å². The average molecular weight is 288 g/mol. The SMILES string of the molecule is O=C(O)c1ccc2oc(Cc3ccccc3Cl)nc2c1. The van der Waals surface area contributed by atoms with Crippen LogP contribution in [0.2, 0.25) is 5.02 Å². The maximum absolute atomic E-state index is 10.9. The van der Waals surface area contributed by atoms with Crippen LogP contribution in [0, 0.1) is 0 Å². The lowest BCUT2D eigenvalue weighted by Crippen LogP contribution is -1.94. The van der Waals surface area contributed by atoms with Crippen molar-refractivity contribution in [2.24, 2.45) is 0 Å². The van der Waals surface area contributed by atoms with Crippen LogP contribution in [0.25, 0.3) is 11.1 Å². The molecule has 100 valence electrons. The lowest BCUT2D eigenvalue weighted by atomic mass is 10.1. The molecule has 5 heteroatoms. The van der Waals surface area contributed by atoms with E-state index in [1.165, 1.54) is 12.1 Å². The van der Waals surface area contributed by atoms with Gasteiger partial charge < -0.3 is 9.52 Å². The minimum absolute atomic E-state index is 0.190. The zero-order chi connectivity index (χ0) is 14.1. The fourth-order valence-corrected chi connectivity index (χ4v) is 2.19. The van der Waals surface area contributed by atoms with Gasteiger partial charge in [-0.2, -0.15) is 0 Å². The van der Waals surface area contributed by atoms with E-state index in [9.17, 15) is 4.79 Å². The molecule has 0 fully saturated rings. The van der Waals surface area contributed by atoms with Gasteiger partial charge in [0, 0.05) is 5.02 Å². The fourth-order valence-electron chi connectivity index (χ4n) is 1.99. The molecule has 2 aromatic carbocycles. The third-order valence-corrected chi connectivity index (χ3v) is 3.35. The molecule has 0 aliphatic carbocycles. The molecule has 0 unspecified atom stereocenters. The molecule has 0 bridgehead atoms. The first-order valence-corrected chi connectivity index (χ1v) is 6.37. The molecule has 1 N–H and O–H groups in total. The summed E-state index contributed by atoms with van der Waals surface area (Å²) in [5.41, 5.74) is 2.21. The molecular weight excluding hydrogens is 278 g/mol. The van der Waals surface area contributed by atoms with Crippen LogP contribution in [-0.4, -0.2) is 16.1 Å². The van der Waals surface area contributed by atoms with Crippen molar-refractivity contribution in [3.8, 4) is 0 Å². The normalized spacial score (nSPS) is 10.8. The number of hydrogen-bond donors (Lipinski definition) is 1. The zero-order valence-electron chi connectivity index (χ0n) is 10.3. The number of carboxylic acids is 1. The lowest BCUT2D eigenvalue weighted by Gasteiger charge is -1.99. The second kappa shape index (κ2) is 4.98. The Labute approximate surface area is 119 Å². The number of aromatic nitrogens is 1. The smallest absolute Gasteiger partial charge is 0.335 e. The minimum Gasteiger partial charge on any atom is -0.478 e. The van der Waals surface area contributed by atoms with E-state index >= 15 is 0 Å². The number of carboxylic acid groups (broad SMARTS) is 1. The first kappa shape index (κ1) is 12.7. The van der Waals surface area contributed by atoms with Gasteiger partial charge in [-0.25, -0.2) is 9.78 Å². The quantitative estimate of drug-likeness (QED) is 0.796. The average Bonchev–Trinajstić information content (AvgIpc) is 2.82. The molecule has 0 saturated carbocycles. The molecule has 0 aliphatic heterocycles. The number of nitrogens with zero attached hydrogens (tertiary/aromatic N) is 1.